The van der Waals surface area contributed by atoms with Crippen LogP contribution in [0.5, 0.6) is 0 Å². The fraction of sp³-hybridized carbons (Fsp3) is 0.412. The van der Waals surface area contributed by atoms with Crippen LogP contribution in [0, 0.1) is 0 Å². The summed E-state index contributed by atoms with van der Waals surface area (Å²) in [6.07, 6.45) is -7.06. The minimum Gasteiger partial charge on any atom is -0.166 e. The predicted molar refractivity (Wildman–Crippen MR) is 84.6 cm³/mol. The maximum atomic E-state index is 13.1. The van der Waals surface area contributed by atoms with Crippen molar-refractivity contribution in [2.75, 3.05) is 0 Å². The fourth-order valence-corrected chi connectivity index (χ4v) is 6.14. The largest absolute Gasteiger partial charge is 0.416 e. The van der Waals surface area contributed by atoms with E-state index in [1.807, 2.05) is 19.9 Å². The van der Waals surface area contributed by atoms with Crippen molar-refractivity contribution in [3.05, 3.63) is 51.7 Å². The summed E-state index contributed by atoms with van der Waals surface area (Å²) in [6, 6.07) is 1.96. The summed E-state index contributed by atoms with van der Waals surface area (Å²) in [5.41, 5.74) is -0.464. The second-order valence-electron chi connectivity index (χ2n) is 6.61. The van der Waals surface area contributed by atoms with Gasteiger partial charge < -0.3 is 0 Å². The van der Waals surface area contributed by atoms with Gasteiger partial charge in [-0.2, -0.15) is 26.3 Å². The Morgan fingerprint density at radius 3 is 1.62 bits per heavy atom. The number of alkyl halides is 6. The van der Waals surface area contributed by atoms with Crippen molar-refractivity contribution in [1.29, 1.82) is 0 Å². The van der Waals surface area contributed by atoms with E-state index < -0.39 is 31.6 Å². The Hall–Kier alpha value is -1.50. The van der Waals surface area contributed by atoms with Crippen LogP contribution < -0.4 is 5.19 Å². The van der Waals surface area contributed by atoms with Crippen LogP contribution in [-0.4, -0.2) is 8.07 Å². The number of halogens is 6. The lowest BCUT2D eigenvalue weighted by Gasteiger charge is -2.28. The SMILES string of the molecule is CC1=CCC([Si](C)(C)c2cc(C(F)(F)F)cc(C(F)(F)F)c2)=C1C. The highest BCUT2D eigenvalue weighted by molar-refractivity contribution is 6.95. The van der Waals surface area contributed by atoms with Gasteiger partial charge in [0.05, 0.1) is 11.1 Å². The van der Waals surface area contributed by atoms with E-state index in [-0.39, 0.29) is 11.3 Å². The molecule has 1 aromatic rings. The zero-order chi connectivity index (χ0) is 18.5. The number of rotatable bonds is 2. The molecule has 1 aromatic carbocycles. The summed E-state index contributed by atoms with van der Waals surface area (Å²) >= 11 is 0. The van der Waals surface area contributed by atoms with Gasteiger partial charge in [-0.25, -0.2) is 0 Å². The smallest absolute Gasteiger partial charge is 0.166 e. The maximum absolute atomic E-state index is 13.1. The molecule has 0 radical (unpaired) electrons. The van der Waals surface area contributed by atoms with Crippen LogP contribution in [0.1, 0.15) is 31.4 Å². The molecule has 2 rings (SSSR count). The van der Waals surface area contributed by atoms with Gasteiger partial charge in [0.1, 0.15) is 8.07 Å². The van der Waals surface area contributed by atoms with Crippen molar-refractivity contribution in [3.8, 4) is 0 Å². The molecule has 0 N–H and O–H groups in total. The van der Waals surface area contributed by atoms with E-state index in [1.54, 1.807) is 13.1 Å². The van der Waals surface area contributed by atoms with Crippen molar-refractivity contribution in [3.63, 3.8) is 0 Å². The molecule has 0 atom stereocenters. The van der Waals surface area contributed by atoms with Crippen LogP contribution in [0.15, 0.2) is 40.6 Å². The lowest BCUT2D eigenvalue weighted by molar-refractivity contribution is -0.142. The molecule has 1 aliphatic rings. The van der Waals surface area contributed by atoms with Crippen molar-refractivity contribution in [2.24, 2.45) is 0 Å². The van der Waals surface area contributed by atoms with Crippen LogP contribution in [0.2, 0.25) is 13.1 Å². The molecule has 1 aliphatic carbocycles. The molecule has 0 spiro atoms. The van der Waals surface area contributed by atoms with E-state index in [0.717, 1.165) is 28.5 Å². The van der Waals surface area contributed by atoms with E-state index in [2.05, 4.69) is 0 Å². The molecule has 0 heterocycles. The van der Waals surface area contributed by atoms with Crippen molar-refractivity contribution in [1.82, 2.24) is 0 Å². The van der Waals surface area contributed by atoms with Gasteiger partial charge >= 0.3 is 12.4 Å². The van der Waals surface area contributed by atoms with Crippen LogP contribution in [0.25, 0.3) is 0 Å². The van der Waals surface area contributed by atoms with Gasteiger partial charge in [-0.15, -0.1) is 0 Å². The summed E-state index contributed by atoms with van der Waals surface area (Å²) in [4.78, 5) is 0. The molecule has 0 bridgehead atoms. The van der Waals surface area contributed by atoms with Gasteiger partial charge in [0.15, 0.2) is 0 Å². The maximum Gasteiger partial charge on any atom is 0.416 e. The van der Waals surface area contributed by atoms with E-state index in [4.69, 9.17) is 0 Å². The third kappa shape index (κ3) is 3.45. The molecule has 0 unspecified atom stereocenters. The van der Waals surface area contributed by atoms with Gasteiger partial charge in [0, 0.05) is 0 Å². The monoisotopic (exact) mass is 364 g/mol. The number of allylic oxidation sites excluding steroid dienone is 4. The van der Waals surface area contributed by atoms with Crippen LogP contribution in [-0.2, 0) is 12.4 Å². The molecule has 132 valence electrons. The zero-order valence-corrected chi connectivity index (χ0v) is 14.8. The molecule has 0 saturated heterocycles. The first-order chi connectivity index (χ1) is 10.7. The van der Waals surface area contributed by atoms with Crippen molar-refractivity contribution in [2.45, 2.75) is 45.7 Å². The molecule has 0 aromatic heterocycles. The molecular formula is C17H18F6Si. The first kappa shape index (κ1) is 18.8. The Bertz CT molecular complexity index is 687. The average molecular weight is 364 g/mol. The van der Waals surface area contributed by atoms with Crippen molar-refractivity contribution < 1.29 is 26.3 Å². The molecule has 0 aliphatic heterocycles. The number of hydrogen-bond acceptors (Lipinski definition) is 0. The third-order valence-electron chi connectivity index (χ3n) is 4.72. The molecule has 0 nitrogen and oxygen atoms in total. The summed E-state index contributed by atoms with van der Waals surface area (Å²) < 4.78 is 78.4. The fourth-order valence-electron chi connectivity index (χ4n) is 3.01. The quantitative estimate of drug-likeness (QED) is 0.456. The highest BCUT2D eigenvalue weighted by Gasteiger charge is 2.40. The Morgan fingerprint density at radius 1 is 0.833 bits per heavy atom. The first-order valence-corrected chi connectivity index (χ1v) is 10.4. The van der Waals surface area contributed by atoms with Crippen molar-refractivity contribution >= 4 is 13.3 Å². The molecular weight excluding hydrogens is 346 g/mol. The summed E-state index contributed by atoms with van der Waals surface area (Å²) in [7, 11) is -2.64. The Labute approximate surface area is 137 Å². The average Bonchev–Trinajstić information content (AvgIpc) is 2.77. The second-order valence-corrected chi connectivity index (χ2v) is 11.0. The lowest BCUT2D eigenvalue weighted by Crippen LogP contribution is -2.45. The van der Waals surface area contributed by atoms with E-state index >= 15 is 0 Å². The van der Waals surface area contributed by atoms with Crippen LogP contribution in [0.3, 0.4) is 0 Å². The minimum absolute atomic E-state index is 0.155. The molecule has 24 heavy (non-hydrogen) atoms. The zero-order valence-electron chi connectivity index (χ0n) is 13.8. The minimum atomic E-state index is -4.81. The summed E-state index contributed by atoms with van der Waals surface area (Å²) in [6.45, 7) is 7.38. The number of hydrogen-bond donors (Lipinski definition) is 0. The third-order valence-corrected chi connectivity index (χ3v) is 8.54. The summed E-state index contributed by atoms with van der Waals surface area (Å²) in [5.74, 6) is 0. The highest BCUT2D eigenvalue weighted by atomic mass is 28.3. The normalized spacial score (nSPS) is 16.7. The highest BCUT2D eigenvalue weighted by Crippen LogP contribution is 2.37. The van der Waals surface area contributed by atoms with Gasteiger partial charge in [-0.1, -0.05) is 52.8 Å². The van der Waals surface area contributed by atoms with Crippen LogP contribution >= 0.6 is 0 Å². The topological polar surface area (TPSA) is 0 Å². The molecule has 0 saturated carbocycles. The molecule has 0 amide bonds. The van der Waals surface area contributed by atoms with E-state index in [0.29, 0.717) is 6.42 Å². The molecule has 7 heteroatoms. The Balaban J connectivity index is 2.66. The predicted octanol–water partition coefficient (Wildman–Crippen LogP) is 5.85. The van der Waals surface area contributed by atoms with Gasteiger partial charge in [0.25, 0.3) is 0 Å². The standard InChI is InChI=1S/C17H18F6Si/c1-10-5-6-15(11(10)2)24(3,4)14-8-12(16(18,19)20)7-13(9-14)17(21,22)23/h5,7-9H,6H2,1-4H3. The molecule has 0 fully saturated rings. The van der Waals surface area contributed by atoms with E-state index in [9.17, 15) is 26.3 Å². The van der Waals surface area contributed by atoms with Gasteiger partial charge in [-0.05, 0) is 26.3 Å². The van der Waals surface area contributed by atoms with Gasteiger partial charge in [0.2, 0.25) is 0 Å². The summed E-state index contributed by atoms with van der Waals surface area (Å²) in [5, 5.41) is 1.13. The number of benzene rings is 1. The van der Waals surface area contributed by atoms with E-state index in [1.165, 1.54) is 0 Å². The Morgan fingerprint density at radius 2 is 1.29 bits per heavy atom. The van der Waals surface area contributed by atoms with Gasteiger partial charge in [-0.3, -0.25) is 0 Å². The lowest BCUT2D eigenvalue weighted by atomic mass is 10.1. The van der Waals surface area contributed by atoms with Crippen LogP contribution in [0.4, 0.5) is 26.3 Å². The second kappa shape index (κ2) is 5.79. The Kier molecular flexibility index (Phi) is 4.54. The first-order valence-electron chi connectivity index (χ1n) is 7.42.